The van der Waals surface area contributed by atoms with E-state index in [4.69, 9.17) is 0 Å². The smallest absolute Gasteiger partial charge is 0.0257 e. The van der Waals surface area contributed by atoms with E-state index in [1.54, 1.807) is 0 Å². The van der Waals surface area contributed by atoms with Gasteiger partial charge in [0.25, 0.3) is 0 Å². The van der Waals surface area contributed by atoms with Crippen molar-refractivity contribution in [1.29, 1.82) is 0 Å². The van der Waals surface area contributed by atoms with Gasteiger partial charge < -0.3 is 0 Å². The maximum absolute atomic E-state index is 3.44. The van der Waals surface area contributed by atoms with Crippen molar-refractivity contribution in [3.63, 3.8) is 0 Å². The van der Waals surface area contributed by atoms with Gasteiger partial charge in [0.1, 0.15) is 0 Å². The monoisotopic (exact) mass is 261 g/mol. The molecule has 1 rings (SSSR count). The Bertz CT molecular complexity index is 231. The molecule has 1 aromatic rings. The summed E-state index contributed by atoms with van der Waals surface area (Å²) >= 11 is 6.80. The minimum Gasteiger partial charge on any atom is -0.0613 e. The zero-order chi connectivity index (χ0) is 7.56. The molecule has 0 spiro atoms. The third kappa shape index (κ3) is 1.83. The van der Waals surface area contributed by atoms with Gasteiger partial charge in [-0.25, -0.2) is 0 Å². The van der Waals surface area contributed by atoms with E-state index in [1.165, 1.54) is 5.56 Å². The molecule has 0 aliphatic heterocycles. The SMILES string of the molecule is CCc1cc(Br)[c]cc1Br. The fourth-order valence-electron chi connectivity index (χ4n) is 0.760. The Labute approximate surface area is 77.9 Å². The average Bonchev–Trinajstić information content (AvgIpc) is 1.94. The fraction of sp³-hybridized carbons (Fsp3) is 0.250. The summed E-state index contributed by atoms with van der Waals surface area (Å²) in [4.78, 5) is 0. The summed E-state index contributed by atoms with van der Waals surface area (Å²) in [6, 6.07) is 7.05. The Kier molecular flexibility index (Phi) is 2.93. The number of rotatable bonds is 1. The fourth-order valence-corrected chi connectivity index (χ4v) is 1.66. The lowest BCUT2D eigenvalue weighted by atomic mass is 10.2. The van der Waals surface area contributed by atoms with Crippen molar-refractivity contribution >= 4 is 31.9 Å². The van der Waals surface area contributed by atoms with Crippen LogP contribution in [-0.4, -0.2) is 0 Å². The van der Waals surface area contributed by atoms with Crippen molar-refractivity contribution in [3.05, 3.63) is 32.7 Å². The van der Waals surface area contributed by atoms with E-state index in [9.17, 15) is 0 Å². The lowest BCUT2D eigenvalue weighted by Gasteiger charge is -1.99. The van der Waals surface area contributed by atoms with E-state index in [1.807, 2.05) is 6.07 Å². The molecule has 0 bridgehead atoms. The maximum Gasteiger partial charge on any atom is 0.0257 e. The highest BCUT2D eigenvalue weighted by atomic mass is 79.9. The summed E-state index contributed by atoms with van der Waals surface area (Å²) in [5.41, 5.74) is 1.31. The normalized spacial score (nSPS) is 9.90. The quantitative estimate of drug-likeness (QED) is 0.726. The van der Waals surface area contributed by atoms with Crippen LogP contribution in [0, 0.1) is 6.07 Å². The molecular weight excluding hydrogens is 256 g/mol. The van der Waals surface area contributed by atoms with E-state index in [0.717, 1.165) is 15.4 Å². The molecule has 53 valence electrons. The molecule has 10 heavy (non-hydrogen) atoms. The Morgan fingerprint density at radius 3 is 2.70 bits per heavy atom. The van der Waals surface area contributed by atoms with Crippen LogP contribution in [0.15, 0.2) is 21.1 Å². The first-order valence-electron chi connectivity index (χ1n) is 3.09. The Balaban J connectivity index is 3.09. The first kappa shape index (κ1) is 8.28. The molecule has 0 heterocycles. The summed E-state index contributed by atoms with van der Waals surface area (Å²) in [6.45, 7) is 2.13. The number of hydrogen-bond acceptors (Lipinski definition) is 0. The predicted molar refractivity (Wildman–Crippen MR) is 50.1 cm³/mol. The summed E-state index contributed by atoms with van der Waals surface area (Å²) in [5.74, 6) is 0. The lowest BCUT2D eigenvalue weighted by molar-refractivity contribution is 1.12. The molecule has 0 saturated carbocycles. The second-order valence-electron chi connectivity index (χ2n) is 2.01. The number of halogens is 2. The number of aryl methyl sites for hydroxylation is 1. The summed E-state index contributed by atoms with van der Waals surface area (Å²) in [6.07, 6.45) is 1.05. The Hall–Kier alpha value is 0.180. The van der Waals surface area contributed by atoms with E-state index in [0.29, 0.717) is 0 Å². The standard InChI is InChI=1S/C8H7Br2/c1-2-6-5-7(9)3-4-8(6)10/h4-5H,2H2,1H3. The van der Waals surface area contributed by atoms with Crippen LogP contribution >= 0.6 is 31.9 Å². The summed E-state index contributed by atoms with van der Waals surface area (Å²) in [5, 5.41) is 0. The van der Waals surface area contributed by atoms with Crippen LogP contribution in [0.5, 0.6) is 0 Å². The van der Waals surface area contributed by atoms with Crippen molar-refractivity contribution < 1.29 is 0 Å². The molecule has 0 aromatic heterocycles. The zero-order valence-corrected chi connectivity index (χ0v) is 8.79. The average molecular weight is 263 g/mol. The van der Waals surface area contributed by atoms with Gasteiger partial charge in [-0.1, -0.05) is 38.8 Å². The minimum atomic E-state index is 1.02. The molecule has 0 atom stereocenters. The van der Waals surface area contributed by atoms with Gasteiger partial charge in [-0.05, 0) is 30.2 Å². The topological polar surface area (TPSA) is 0 Å². The van der Waals surface area contributed by atoms with Gasteiger partial charge in [0.15, 0.2) is 0 Å². The highest BCUT2D eigenvalue weighted by molar-refractivity contribution is 9.11. The van der Waals surface area contributed by atoms with Crippen molar-refractivity contribution in [2.24, 2.45) is 0 Å². The molecular formula is C8H7Br2. The second-order valence-corrected chi connectivity index (χ2v) is 3.72. The molecule has 1 radical (unpaired) electrons. The molecule has 0 saturated heterocycles. The van der Waals surface area contributed by atoms with Crippen molar-refractivity contribution in [1.82, 2.24) is 0 Å². The first-order valence-corrected chi connectivity index (χ1v) is 4.68. The van der Waals surface area contributed by atoms with Crippen molar-refractivity contribution in [2.45, 2.75) is 13.3 Å². The van der Waals surface area contributed by atoms with E-state index < -0.39 is 0 Å². The van der Waals surface area contributed by atoms with Crippen LogP contribution in [0.1, 0.15) is 12.5 Å². The largest absolute Gasteiger partial charge is 0.0613 e. The second kappa shape index (κ2) is 3.54. The predicted octanol–water partition coefficient (Wildman–Crippen LogP) is 3.57. The van der Waals surface area contributed by atoms with Crippen LogP contribution in [-0.2, 0) is 6.42 Å². The molecule has 1 aromatic carbocycles. The lowest BCUT2D eigenvalue weighted by Crippen LogP contribution is -1.81. The number of hydrogen-bond donors (Lipinski definition) is 0. The molecule has 0 N–H and O–H groups in total. The van der Waals surface area contributed by atoms with Crippen LogP contribution < -0.4 is 0 Å². The van der Waals surface area contributed by atoms with Crippen LogP contribution in [0.3, 0.4) is 0 Å². The zero-order valence-electron chi connectivity index (χ0n) is 5.62. The van der Waals surface area contributed by atoms with Crippen LogP contribution in [0.25, 0.3) is 0 Å². The summed E-state index contributed by atoms with van der Waals surface area (Å²) < 4.78 is 2.16. The van der Waals surface area contributed by atoms with Crippen LogP contribution in [0.2, 0.25) is 0 Å². The molecule has 0 amide bonds. The van der Waals surface area contributed by atoms with Gasteiger partial charge in [-0.3, -0.25) is 0 Å². The highest BCUT2D eigenvalue weighted by Crippen LogP contribution is 2.20. The minimum absolute atomic E-state index is 1.02. The molecule has 0 fully saturated rings. The summed E-state index contributed by atoms with van der Waals surface area (Å²) in [7, 11) is 0. The molecule has 0 unspecified atom stereocenters. The van der Waals surface area contributed by atoms with E-state index in [-0.39, 0.29) is 0 Å². The van der Waals surface area contributed by atoms with Gasteiger partial charge in [-0.2, -0.15) is 0 Å². The molecule has 0 nitrogen and oxygen atoms in total. The number of benzene rings is 1. The Morgan fingerprint density at radius 2 is 2.20 bits per heavy atom. The first-order chi connectivity index (χ1) is 4.74. The van der Waals surface area contributed by atoms with E-state index in [2.05, 4.69) is 50.9 Å². The van der Waals surface area contributed by atoms with Crippen molar-refractivity contribution in [3.8, 4) is 0 Å². The van der Waals surface area contributed by atoms with Crippen molar-refractivity contribution in [2.75, 3.05) is 0 Å². The molecule has 0 aliphatic rings. The van der Waals surface area contributed by atoms with Gasteiger partial charge >= 0.3 is 0 Å². The van der Waals surface area contributed by atoms with Crippen LogP contribution in [0.4, 0.5) is 0 Å². The van der Waals surface area contributed by atoms with Gasteiger partial charge in [-0.15, -0.1) is 0 Å². The van der Waals surface area contributed by atoms with Gasteiger partial charge in [0.05, 0.1) is 0 Å². The van der Waals surface area contributed by atoms with Gasteiger partial charge in [0.2, 0.25) is 0 Å². The van der Waals surface area contributed by atoms with E-state index >= 15 is 0 Å². The third-order valence-electron chi connectivity index (χ3n) is 1.33. The molecule has 0 aliphatic carbocycles. The van der Waals surface area contributed by atoms with Gasteiger partial charge in [0, 0.05) is 8.95 Å². The Morgan fingerprint density at radius 1 is 1.50 bits per heavy atom. The third-order valence-corrected chi connectivity index (χ3v) is 2.52. The highest BCUT2D eigenvalue weighted by Gasteiger charge is 1.96. The maximum atomic E-state index is 3.44. The molecule has 2 heteroatoms.